The molecule has 0 unspecified atom stereocenters. The van der Waals surface area contributed by atoms with Crippen molar-refractivity contribution in [2.45, 2.75) is 439 Å². The molecule has 2 N–H and O–H groups in total. The maximum atomic E-state index is 8.67. The van der Waals surface area contributed by atoms with Gasteiger partial charge in [-0.15, -0.1) is 0 Å². The molecular formula is C72H150O3Ti. The molecule has 0 fully saturated rings. The van der Waals surface area contributed by atoms with Gasteiger partial charge in [-0.25, -0.2) is 0 Å². The van der Waals surface area contributed by atoms with Gasteiger partial charge in [0.1, 0.15) is 0 Å². The van der Waals surface area contributed by atoms with E-state index in [4.69, 9.17) is 13.5 Å². The van der Waals surface area contributed by atoms with E-state index in [0.717, 1.165) is 46.1 Å². The minimum atomic E-state index is 0.373. The molecule has 0 radical (unpaired) electrons. The second-order valence-electron chi connectivity index (χ2n) is 23.7. The van der Waals surface area contributed by atoms with Crippen LogP contribution in [0.4, 0.5) is 0 Å². The Balaban J connectivity index is -0.000000291. The molecule has 0 spiro atoms. The second kappa shape index (κ2) is 94.7. The molecule has 0 saturated carbocycles. The molecule has 76 heavy (non-hydrogen) atoms. The van der Waals surface area contributed by atoms with E-state index in [9.17, 15) is 0 Å². The fourth-order valence-corrected chi connectivity index (χ4v) is 10.4. The number of aliphatic hydroxyl groups is 2. The third kappa shape index (κ3) is 103. The molecule has 0 aliphatic rings. The van der Waals surface area contributed by atoms with E-state index < -0.39 is 0 Å². The van der Waals surface area contributed by atoms with Crippen molar-refractivity contribution in [2.24, 2.45) is 0 Å². The number of hydrogen-bond acceptors (Lipinski definition) is 3. The van der Waals surface area contributed by atoms with Crippen LogP contribution in [0.25, 0.3) is 0 Å². The van der Waals surface area contributed by atoms with Crippen molar-refractivity contribution in [1.29, 1.82) is 0 Å². The Labute approximate surface area is 496 Å². The topological polar surface area (TPSA) is 57.5 Å². The summed E-state index contributed by atoms with van der Waals surface area (Å²) in [6, 6.07) is 0. The van der Waals surface area contributed by atoms with Crippen LogP contribution in [0.2, 0.25) is 0 Å². The normalized spacial score (nSPS) is 10.8. The van der Waals surface area contributed by atoms with Crippen LogP contribution in [-0.4, -0.2) is 23.4 Å². The Bertz CT molecular complexity index is 709. The quantitative estimate of drug-likeness (QED) is 0.0362. The zero-order valence-electron chi connectivity index (χ0n) is 53.9. The summed E-state index contributed by atoms with van der Waals surface area (Å²) < 4.78 is 8.25. The van der Waals surface area contributed by atoms with Gasteiger partial charge in [0, 0.05) is 13.2 Å². The number of aliphatic hydroxyl groups excluding tert-OH is 2. The Morgan fingerprint density at radius 2 is 0.276 bits per heavy atom. The van der Waals surface area contributed by atoms with Crippen molar-refractivity contribution in [1.82, 2.24) is 0 Å². The average Bonchev–Trinajstić information content (AvgIpc) is 3.44. The summed E-state index contributed by atoms with van der Waals surface area (Å²) in [6.07, 6.45) is 90.0. The van der Waals surface area contributed by atoms with E-state index in [-0.39, 0.29) is 0 Å². The molecule has 0 aliphatic heterocycles. The standard InChI is InChI=1S/2C18H38O.2C18H37.O.Ti/c2*1-2-3-4-5-6-7-8-9-10-11-12-13-14-15-16-17-18-19;2*1-3-5-7-9-11-13-15-17-18-16-14-12-10-8-6-4-2;;/h2*19H,2-18H2,1H3;2*1,3-18H2,2H3;;/q;;2*-1;;+2. The number of hydrogen-bond donors (Lipinski definition) is 2. The van der Waals surface area contributed by atoms with Crippen molar-refractivity contribution in [3.63, 3.8) is 0 Å². The Kier molecular flexibility index (Phi) is 106. The fraction of sp³-hybridized carbons (Fsp3) is 0.972. The van der Waals surface area contributed by atoms with Gasteiger partial charge in [0.25, 0.3) is 0 Å². The average molecular weight is 1110 g/mol. The van der Waals surface area contributed by atoms with E-state index >= 15 is 0 Å². The molecule has 0 heterocycles. The van der Waals surface area contributed by atoms with Crippen LogP contribution < -0.4 is 0 Å². The first-order valence-corrected chi connectivity index (χ1v) is 36.3. The molecule has 0 aromatic heterocycles. The summed E-state index contributed by atoms with van der Waals surface area (Å²) in [4.78, 5) is 0. The van der Waals surface area contributed by atoms with Crippen LogP contribution in [0.15, 0.2) is 0 Å². The van der Waals surface area contributed by atoms with Gasteiger partial charge < -0.3 is 24.1 Å². The maximum absolute atomic E-state index is 8.67. The summed E-state index contributed by atoms with van der Waals surface area (Å²) in [5, 5.41) is 17.3. The third-order valence-electron chi connectivity index (χ3n) is 15.7. The van der Waals surface area contributed by atoms with Gasteiger partial charge in [-0.1, -0.05) is 413 Å². The van der Waals surface area contributed by atoms with Crippen molar-refractivity contribution in [3.8, 4) is 0 Å². The Morgan fingerprint density at radius 3 is 0.368 bits per heavy atom. The van der Waals surface area contributed by atoms with E-state index in [0.29, 0.717) is 13.2 Å². The first-order chi connectivity index (χ1) is 37.7. The summed E-state index contributed by atoms with van der Waals surface area (Å²) in [5.41, 5.74) is 0. The molecule has 0 amide bonds. The minimum absolute atomic E-state index is 0.373. The first kappa shape index (κ1) is 85.2. The summed E-state index contributed by atoms with van der Waals surface area (Å²) in [5.74, 6) is 0. The van der Waals surface area contributed by atoms with Gasteiger partial charge >= 0.3 is 23.7 Å². The molecule has 460 valence electrons. The van der Waals surface area contributed by atoms with E-state index in [1.807, 2.05) is 0 Å². The molecule has 0 bridgehead atoms. The molecule has 0 aromatic rings. The van der Waals surface area contributed by atoms with Crippen LogP contribution in [-0.2, 0) is 23.7 Å². The van der Waals surface area contributed by atoms with Crippen molar-refractivity contribution < 1.29 is 33.9 Å². The molecular weight excluding hydrogens is 961 g/mol. The Hall–Kier alpha value is 0.434. The van der Waals surface area contributed by atoms with Crippen LogP contribution in [0.5, 0.6) is 0 Å². The van der Waals surface area contributed by atoms with Crippen molar-refractivity contribution in [3.05, 3.63) is 13.8 Å². The van der Waals surface area contributed by atoms with Gasteiger partial charge in [-0.3, -0.25) is 0 Å². The molecule has 0 aliphatic carbocycles. The SMILES string of the molecule is CCCCCCCCCCCCCCCCCCO.CCCCCCCCCCCCCCCCCCO.[CH2-]CCCCCCCCCCCCCCCCC.[CH2-]CCCCCCCCCCCCCCCCC.[O]=[Ti+2]. The van der Waals surface area contributed by atoms with Gasteiger partial charge in [0.2, 0.25) is 0 Å². The zero-order valence-corrected chi connectivity index (χ0v) is 55.4. The Morgan fingerprint density at radius 1 is 0.184 bits per heavy atom. The van der Waals surface area contributed by atoms with Crippen LogP contribution in [0.1, 0.15) is 439 Å². The summed E-state index contributed by atoms with van der Waals surface area (Å²) >= 11 is 0.750. The van der Waals surface area contributed by atoms with Crippen LogP contribution in [0, 0.1) is 13.8 Å². The van der Waals surface area contributed by atoms with Crippen LogP contribution in [0.3, 0.4) is 0 Å². The fourth-order valence-electron chi connectivity index (χ4n) is 10.4. The van der Waals surface area contributed by atoms with E-state index in [2.05, 4.69) is 41.5 Å². The van der Waals surface area contributed by atoms with E-state index in [1.165, 1.54) is 385 Å². The second-order valence-corrected chi connectivity index (χ2v) is 23.7. The van der Waals surface area contributed by atoms with Gasteiger partial charge in [-0.2, -0.15) is 12.8 Å². The van der Waals surface area contributed by atoms with Gasteiger partial charge in [-0.05, 0) is 12.8 Å². The number of rotatable bonds is 62. The molecule has 3 nitrogen and oxygen atoms in total. The van der Waals surface area contributed by atoms with Crippen molar-refractivity contribution >= 4 is 0 Å². The molecule has 0 saturated heterocycles. The molecule has 0 rings (SSSR count). The molecule has 0 aromatic carbocycles. The van der Waals surface area contributed by atoms with Gasteiger partial charge in [0.05, 0.1) is 0 Å². The van der Waals surface area contributed by atoms with Crippen molar-refractivity contribution in [2.75, 3.05) is 13.2 Å². The molecule has 0 atom stereocenters. The number of unbranched alkanes of at least 4 members (excludes halogenated alkanes) is 60. The third-order valence-corrected chi connectivity index (χ3v) is 15.7. The van der Waals surface area contributed by atoms with E-state index in [1.54, 1.807) is 0 Å². The first-order valence-electron chi connectivity index (χ1n) is 35.7. The predicted molar refractivity (Wildman–Crippen MR) is 344 cm³/mol. The summed E-state index contributed by atoms with van der Waals surface area (Å²) in [7, 11) is 0. The monoisotopic (exact) mass is 1110 g/mol. The van der Waals surface area contributed by atoms with Gasteiger partial charge in [0.15, 0.2) is 0 Å². The summed E-state index contributed by atoms with van der Waals surface area (Å²) in [6.45, 7) is 17.7. The molecule has 4 heteroatoms. The zero-order chi connectivity index (χ0) is 56.7. The van der Waals surface area contributed by atoms with Crippen LogP contribution >= 0.6 is 0 Å². The predicted octanol–water partition coefficient (Wildman–Crippen LogP) is 26.5.